The van der Waals surface area contributed by atoms with Crippen LogP contribution in [0.25, 0.3) is 0 Å². The summed E-state index contributed by atoms with van der Waals surface area (Å²) in [5.74, 6) is -0.594. The minimum absolute atomic E-state index is 0.0854. The Kier molecular flexibility index (Phi) is 4.51. The summed E-state index contributed by atoms with van der Waals surface area (Å²) >= 11 is 1.65. The fourth-order valence-electron chi connectivity index (χ4n) is 1.45. The lowest BCUT2D eigenvalue weighted by atomic mass is 10.1. The number of nitrogens with zero attached hydrogens (tertiary/aromatic N) is 2. The highest BCUT2D eigenvalue weighted by molar-refractivity contribution is 7.10. The van der Waals surface area contributed by atoms with E-state index < -0.39 is 5.92 Å². The molecule has 0 N–H and O–H groups in total. The van der Waals surface area contributed by atoms with Crippen LogP contribution in [0.3, 0.4) is 0 Å². The van der Waals surface area contributed by atoms with E-state index in [0.29, 0.717) is 13.0 Å². The van der Waals surface area contributed by atoms with E-state index in [4.69, 9.17) is 5.26 Å². The normalized spacial score (nSPS) is 11.9. The number of hydrogen-bond donors (Lipinski definition) is 0. The molecule has 0 aliphatic rings. The van der Waals surface area contributed by atoms with E-state index in [1.165, 1.54) is 10.4 Å². The van der Waals surface area contributed by atoms with Crippen LogP contribution in [0.5, 0.6) is 0 Å². The van der Waals surface area contributed by atoms with Gasteiger partial charge in [0, 0.05) is 11.9 Å². The molecule has 86 valence electrons. The smallest absolute Gasteiger partial charge is 0.239 e. The molecule has 1 rings (SSSR count). The Morgan fingerprint density at radius 2 is 2.38 bits per heavy atom. The van der Waals surface area contributed by atoms with Gasteiger partial charge in [-0.15, -0.1) is 11.3 Å². The standard InChI is InChI=1S/C12H16N2OS/c1-4-10(7-13)12(15)14(3)8-11-9(2)5-6-16-11/h5-6,10H,4,8H2,1-3H3. The van der Waals surface area contributed by atoms with Crippen LogP contribution in [0.4, 0.5) is 0 Å². The molecule has 16 heavy (non-hydrogen) atoms. The number of aryl methyl sites for hydroxylation is 1. The molecule has 0 aliphatic carbocycles. The highest BCUT2D eigenvalue weighted by atomic mass is 32.1. The van der Waals surface area contributed by atoms with E-state index in [2.05, 4.69) is 0 Å². The molecule has 1 amide bonds. The predicted octanol–water partition coefficient (Wildman–Crippen LogP) is 2.56. The maximum Gasteiger partial charge on any atom is 0.239 e. The monoisotopic (exact) mass is 236 g/mol. The number of carbonyl (C=O) groups is 1. The summed E-state index contributed by atoms with van der Waals surface area (Å²) in [6.07, 6.45) is 0.573. The summed E-state index contributed by atoms with van der Waals surface area (Å²) in [4.78, 5) is 14.7. The van der Waals surface area contributed by atoms with Gasteiger partial charge in [-0.2, -0.15) is 5.26 Å². The van der Waals surface area contributed by atoms with Gasteiger partial charge < -0.3 is 4.90 Å². The van der Waals surface area contributed by atoms with E-state index in [1.807, 2.05) is 31.4 Å². The molecular formula is C12H16N2OS. The van der Waals surface area contributed by atoms with Crippen LogP contribution in [0.15, 0.2) is 11.4 Å². The fourth-order valence-corrected chi connectivity index (χ4v) is 2.41. The summed E-state index contributed by atoms with van der Waals surface area (Å²) in [6, 6.07) is 4.08. The molecule has 1 aromatic rings. The molecule has 0 spiro atoms. The van der Waals surface area contributed by atoms with Crippen LogP contribution >= 0.6 is 11.3 Å². The summed E-state index contributed by atoms with van der Waals surface area (Å²) in [5, 5.41) is 10.8. The van der Waals surface area contributed by atoms with E-state index in [-0.39, 0.29) is 5.91 Å². The molecule has 0 saturated heterocycles. The molecule has 0 aromatic carbocycles. The van der Waals surface area contributed by atoms with Crippen molar-refractivity contribution in [2.24, 2.45) is 5.92 Å². The summed E-state index contributed by atoms with van der Waals surface area (Å²) in [6.45, 7) is 4.49. The Morgan fingerprint density at radius 1 is 1.69 bits per heavy atom. The lowest BCUT2D eigenvalue weighted by Crippen LogP contribution is -2.31. The first-order valence-electron chi connectivity index (χ1n) is 5.27. The minimum Gasteiger partial charge on any atom is -0.339 e. The van der Waals surface area contributed by atoms with E-state index in [1.54, 1.807) is 23.3 Å². The van der Waals surface area contributed by atoms with Crippen LogP contribution in [0.1, 0.15) is 23.8 Å². The second-order valence-corrected chi connectivity index (χ2v) is 4.81. The van der Waals surface area contributed by atoms with Gasteiger partial charge in [0.05, 0.1) is 12.6 Å². The first kappa shape index (κ1) is 12.7. The molecule has 3 nitrogen and oxygen atoms in total. The zero-order valence-electron chi connectivity index (χ0n) is 9.86. The number of carbonyl (C=O) groups excluding carboxylic acids is 1. The predicted molar refractivity (Wildman–Crippen MR) is 64.9 cm³/mol. The molecule has 1 atom stereocenters. The second-order valence-electron chi connectivity index (χ2n) is 3.81. The Hall–Kier alpha value is -1.34. The van der Waals surface area contributed by atoms with Gasteiger partial charge in [-0.3, -0.25) is 4.79 Å². The molecule has 1 unspecified atom stereocenters. The zero-order valence-corrected chi connectivity index (χ0v) is 10.7. The molecule has 1 aromatic heterocycles. The van der Waals surface area contributed by atoms with Crippen molar-refractivity contribution in [2.75, 3.05) is 7.05 Å². The van der Waals surface area contributed by atoms with Gasteiger partial charge >= 0.3 is 0 Å². The third-order valence-corrected chi connectivity index (χ3v) is 3.60. The van der Waals surface area contributed by atoms with Crippen molar-refractivity contribution in [1.82, 2.24) is 4.90 Å². The lowest BCUT2D eigenvalue weighted by Gasteiger charge is -2.19. The number of thiophene rings is 1. The summed E-state index contributed by atoms with van der Waals surface area (Å²) in [7, 11) is 1.75. The third-order valence-electron chi connectivity index (χ3n) is 2.59. The van der Waals surface area contributed by atoms with Crippen molar-refractivity contribution in [3.8, 4) is 6.07 Å². The molecule has 0 saturated carbocycles. The van der Waals surface area contributed by atoms with Crippen LogP contribution in [0, 0.1) is 24.2 Å². The van der Waals surface area contributed by atoms with Gasteiger partial charge in [-0.1, -0.05) is 6.92 Å². The molecule has 1 heterocycles. The van der Waals surface area contributed by atoms with Crippen molar-refractivity contribution < 1.29 is 4.79 Å². The van der Waals surface area contributed by atoms with Crippen molar-refractivity contribution >= 4 is 17.2 Å². The topological polar surface area (TPSA) is 44.1 Å². The van der Waals surface area contributed by atoms with Crippen molar-refractivity contribution in [3.63, 3.8) is 0 Å². The number of hydrogen-bond acceptors (Lipinski definition) is 3. The van der Waals surface area contributed by atoms with Crippen LogP contribution in [-0.2, 0) is 11.3 Å². The average molecular weight is 236 g/mol. The third kappa shape index (κ3) is 2.83. The van der Waals surface area contributed by atoms with Crippen molar-refractivity contribution in [1.29, 1.82) is 5.26 Å². The Labute approximate surface area is 100 Å². The quantitative estimate of drug-likeness (QED) is 0.806. The Bertz CT molecular complexity index is 405. The van der Waals surface area contributed by atoms with Gasteiger partial charge in [0.15, 0.2) is 0 Å². The van der Waals surface area contributed by atoms with Gasteiger partial charge in [0.2, 0.25) is 5.91 Å². The van der Waals surface area contributed by atoms with Crippen LogP contribution < -0.4 is 0 Å². The maximum absolute atomic E-state index is 11.9. The number of rotatable bonds is 4. The molecule has 0 fully saturated rings. The molecule has 0 bridgehead atoms. The largest absolute Gasteiger partial charge is 0.339 e. The fraction of sp³-hybridized carbons (Fsp3) is 0.500. The minimum atomic E-state index is -0.509. The molecular weight excluding hydrogens is 220 g/mol. The molecule has 4 heteroatoms. The lowest BCUT2D eigenvalue weighted by molar-refractivity contribution is -0.133. The first-order chi connectivity index (χ1) is 7.60. The molecule has 0 radical (unpaired) electrons. The van der Waals surface area contributed by atoms with Crippen molar-refractivity contribution in [2.45, 2.75) is 26.8 Å². The summed E-state index contributed by atoms with van der Waals surface area (Å²) < 4.78 is 0. The van der Waals surface area contributed by atoms with Crippen LogP contribution in [0.2, 0.25) is 0 Å². The van der Waals surface area contributed by atoms with E-state index in [9.17, 15) is 4.79 Å². The average Bonchev–Trinajstić information content (AvgIpc) is 2.66. The Morgan fingerprint density at radius 3 is 2.81 bits per heavy atom. The van der Waals surface area contributed by atoms with Crippen molar-refractivity contribution in [3.05, 3.63) is 21.9 Å². The second kappa shape index (κ2) is 5.66. The molecule has 0 aliphatic heterocycles. The number of amides is 1. The van der Waals surface area contributed by atoms with E-state index >= 15 is 0 Å². The maximum atomic E-state index is 11.9. The zero-order chi connectivity index (χ0) is 12.1. The number of nitriles is 1. The Balaban J connectivity index is 2.66. The van der Waals surface area contributed by atoms with Gasteiger partial charge in [-0.05, 0) is 30.4 Å². The SMILES string of the molecule is CCC(C#N)C(=O)N(C)Cc1sccc1C. The highest BCUT2D eigenvalue weighted by Gasteiger charge is 2.20. The summed E-state index contributed by atoms with van der Waals surface area (Å²) in [5.41, 5.74) is 1.20. The van der Waals surface area contributed by atoms with Gasteiger partial charge in [-0.25, -0.2) is 0 Å². The van der Waals surface area contributed by atoms with Gasteiger partial charge in [0.1, 0.15) is 5.92 Å². The van der Waals surface area contributed by atoms with E-state index in [0.717, 1.165) is 0 Å². The highest BCUT2D eigenvalue weighted by Crippen LogP contribution is 2.18. The van der Waals surface area contributed by atoms with Crippen LogP contribution in [-0.4, -0.2) is 17.9 Å². The first-order valence-corrected chi connectivity index (χ1v) is 6.15. The van der Waals surface area contributed by atoms with Gasteiger partial charge in [0.25, 0.3) is 0 Å².